The van der Waals surface area contributed by atoms with E-state index in [0.29, 0.717) is 12.2 Å². The van der Waals surface area contributed by atoms with Gasteiger partial charge in [-0.2, -0.15) is 0 Å². The molecule has 1 aromatic carbocycles. The van der Waals surface area contributed by atoms with E-state index in [1.807, 2.05) is 0 Å². The number of Topliss-reactive ketones (excluding diaryl/α,β-unsaturated/α-hetero) is 1. The zero-order valence-electron chi connectivity index (χ0n) is 13.0. The number of unbranched alkanes of at least 4 members (excludes halogenated alkanes) is 5. The second-order valence-corrected chi connectivity index (χ2v) is 5.09. The second-order valence-electron chi connectivity index (χ2n) is 5.09. The Morgan fingerprint density at radius 2 is 1.86 bits per heavy atom. The van der Waals surface area contributed by atoms with Crippen LogP contribution >= 0.6 is 0 Å². The number of ketones is 1. The molecule has 1 aromatic rings. The van der Waals surface area contributed by atoms with Gasteiger partial charge in [0.25, 0.3) is 0 Å². The molecular formula is C17H25FO3. The van der Waals surface area contributed by atoms with Crippen LogP contribution in [0.15, 0.2) is 18.2 Å². The van der Waals surface area contributed by atoms with Crippen molar-refractivity contribution < 1.29 is 18.7 Å². The third-order valence-electron chi connectivity index (χ3n) is 3.35. The van der Waals surface area contributed by atoms with Gasteiger partial charge < -0.3 is 9.47 Å². The molecule has 21 heavy (non-hydrogen) atoms. The van der Waals surface area contributed by atoms with E-state index >= 15 is 0 Å². The van der Waals surface area contributed by atoms with E-state index in [9.17, 15) is 9.18 Å². The third kappa shape index (κ3) is 6.71. The number of hydrogen-bond acceptors (Lipinski definition) is 3. The molecule has 0 radical (unpaired) electrons. The van der Waals surface area contributed by atoms with Gasteiger partial charge in [0.05, 0.1) is 7.11 Å². The minimum Gasteiger partial charge on any atom is -0.494 e. The molecule has 3 nitrogen and oxygen atoms in total. The molecule has 0 spiro atoms. The fraction of sp³-hybridized carbons (Fsp3) is 0.588. The van der Waals surface area contributed by atoms with Crippen LogP contribution in [-0.4, -0.2) is 26.1 Å². The van der Waals surface area contributed by atoms with Crippen LogP contribution in [0.25, 0.3) is 0 Å². The molecule has 0 fully saturated rings. The Balaban J connectivity index is 2.20. The summed E-state index contributed by atoms with van der Waals surface area (Å²) in [5.74, 6) is -0.596. The molecule has 0 aliphatic rings. The Morgan fingerprint density at radius 3 is 2.52 bits per heavy atom. The number of carbonyl (C=O) groups is 1. The van der Waals surface area contributed by atoms with Gasteiger partial charge in [0, 0.05) is 12.2 Å². The van der Waals surface area contributed by atoms with E-state index in [4.69, 9.17) is 9.47 Å². The van der Waals surface area contributed by atoms with E-state index < -0.39 is 5.82 Å². The average molecular weight is 296 g/mol. The Bertz CT molecular complexity index is 432. The molecule has 0 aliphatic heterocycles. The van der Waals surface area contributed by atoms with Crippen molar-refractivity contribution in [3.05, 3.63) is 29.6 Å². The van der Waals surface area contributed by atoms with Crippen LogP contribution in [0, 0.1) is 5.82 Å². The van der Waals surface area contributed by atoms with Crippen LogP contribution in [0.3, 0.4) is 0 Å². The molecule has 0 aliphatic carbocycles. The van der Waals surface area contributed by atoms with Crippen molar-refractivity contribution in [2.45, 2.75) is 45.4 Å². The van der Waals surface area contributed by atoms with E-state index in [-0.39, 0.29) is 18.1 Å². The molecule has 4 heteroatoms. The Hall–Kier alpha value is -1.42. The maximum Gasteiger partial charge on any atom is 0.188 e. The van der Waals surface area contributed by atoms with Gasteiger partial charge in [-0.1, -0.05) is 39.0 Å². The summed E-state index contributed by atoms with van der Waals surface area (Å²) in [5, 5.41) is 0. The van der Waals surface area contributed by atoms with Crippen LogP contribution in [0.4, 0.5) is 4.39 Å². The predicted octanol–water partition coefficient (Wildman–Crippen LogP) is 4.39. The van der Waals surface area contributed by atoms with Crippen molar-refractivity contribution in [2.24, 2.45) is 0 Å². The highest BCUT2D eigenvalue weighted by Crippen LogP contribution is 2.18. The maximum absolute atomic E-state index is 13.5. The van der Waals surface area contributed by atoms with Crippen molar-refractivity contribution in [1.82, 2.24) is 0 Å². The number of benzene rings is 1. The number of hydrogen-bond donors (Lipinski definition) is 0. The van der Waals surface area contributed by atoms with E-state index in [0.717, 1.165) is 12.8 Å². The summed E-state index contributed by atoms with van der Waals surface area (Å²) >= 11 is 0. The standard InChI is InChI=1S/C17H25FO3/c1-3-4-5-6-7-8-11-21-13-16(19)14-9-10-17(20-2)15(18)12-14/h9-10,12H,3-8,11,13H2,1-2H3. The van der Waals surface area contributed by atoms with Crippen molar-refractivity contribution in [3.63, 3.8) is 0 Å². The lowest BCUT2D eigenvalue weighted by molar-refractivity contribution is 0.0752. The summed E-state index contributed by atoms with van der Waals surface area (Å²) in [6, 6.07) is 4.20. The molecule has 1 rings (SSSR count). The highest BCUT2D eigenvalue weighted by molar-refractivity contribution is 5.97. The first-order valence-electron chi connectivity index (χ1n) is 7.63. The van der Waals surface area contributed by atoms with Gasteiger partial charge in [-0.05, 0) is 24.6 Å². The normalized spacial score (nSPS) is 10.6. The molecule has 0 bridgehead atoms. The van der Waals surface area contributed by atoms with Gasteiger partial charge in [-0.3, -0.25) is 4.79 Å². The lowest BCUT2D eigenvalue weighted by Crippen LogP contribution is -2.10. The molecule has 0 saturated carbocycles. The van der Waals surface area contributed by atoms with Crippen molar-refractivity contribution in [1.29, 1.82) is 0 Å². The predicted molar refractivity (Wildman–Crippen MR) is 81.5 cm³/mol. The van der Waals surface area contributed by atoms with Crippen LogP contribution < -0.4 is 4.74 Å². The highest BCUT2D eigenvalue weighted by Gasteiger charge is 2.10. The van der Waals surface area contributed by atoms with Crippen LogP contribution in [0.5, 0.6) is 5.75 Å². The Labute approximate surface area is 126 Å². The van der Waals surface area contributed by atoms with E-state index in [2.05, 4.69) is 6.92 Å². The minimum atomic E-state index is -0.528. The van der Waals surface area contributed by atoms with Gasteiger partial charge >= 0.3 is 0 Å². The largest absolute Gasteiger partial charge is 0.494 e. The zero-order valence-corrected chi connectivity index (χ0v) is 13.0. The fourth-order valence-corrected chi connectivity index (χ4v) is 2.07. The SMILES string of the molecule is CCCCCCCCOCC(=O)c1ccc(OC)c(F)c1. The summed E-state index contributed by atoms with van der Waals surface area (Å²) in [6.07, 6.45) is 7.10. The molecule has 0 heterocycles. The third-order valence-corrected chi connectivity index (χ3v) is 3.35. The minimum absolute atomic E-state index is 0.000723. The van der Waals surface area contributed by atoms with Crippen LogP contribution in [0.1, 0.15) is 55.8 Å². The number of carbonyl (C=O) groups excluding carboxylic acids is 1. The molecule has 0 N–H and O–H groups in total. The van der Waals surface area contributed by atoms with Gasteiger partial charge in [0.15, 0.2) is 17.3 Å². The van der Waals surface area contributed by atoms with Crippen molar-refractivity contribution >= 4 is 5.78 Å². The van der Waals surface area contributed by atoms with E-state index in [1.165, 1.54) is 44.9 Å². The van der Waals surface area contributed by atoms with Crippen molar-refractivity contribution in [3.8, 4) is 5.75 Å². The maximum atomic E-state index is 13.5. The van der Waals surface area contributed by atoms with E-state index in [1.54, 1.807) is 6.07 Å². The first-order chi connectivity index (χ1) is 10.2. The molecule has 0 amide bonds. The molecule has 0 unspecified atom stereocenters. The topological polar surface area (TPSA) is 35.5 Å². The summed E-state index contributed by atoms with van der Waals surface area (Å²) in [4.78, 5) is 11.8. The van der Waals surface area contributed by atoms with Crippen LogP contribution in [-0.2, 0) is 4.74 Å². The summed E-state index contributed by atoms with van der Waals surface area (Å²) < 4.78 is 23.6. The lowest BCUT2D eigenvalue weighted by Gasteiger charge is -2.06. The lowest BCUT2D eigenvalue weighted by atomic mass is 10.1. The molecule has 0 atom stereocenters. The molecule has 0 saturated heterocycles. The highest BCUT2D eigenvalue weighted by atomic mass is 19.1. The zero-order chi connectivity index (χ0) is 15.5. The molecule has 118 valence electrons. The number of methoxy groups -OCH3 is 1. The van der Waals surface area contributed by atoms with Crippen molar-refractivity contribution in [2.75, 3.05) is 20.3 Å². The second kappa shape index (κ2) is 10.3. The monoisotopic (exact) mass is 296 g/mol. The summed E-state index contributed by atoms with van der Waals surface area (Å²) in [7, 11) is 1.39. The average Bonchev–Trinajstić information content (AvgIpc) is 2.49. The number of ether oxygens (including phenoxy) is 2. The van der Waals surface area contributed by atoms with Crippen LogP contribution in [0.2, 0.25) is 0 Å². The Morgan fingerprint density at radius 1 is 1.14 bits per heavy atom. The van der Waals surface area contributed by atoms with Gasteiger partial charge in [0.1, 0.15) is 6.61 Å². The quantitative estimate of drug-likeness (QED) is 0.448. The summed E-state index contributed by atoms with van der Waals surface area (Å²) in [6.45, 7) is 2.77. The van der Waals surface area contributed by atoms with Gasteiger partial charge in [-0.15, -0.1) is 0 Å². The first-order valence-corrected chi connectivity index (χ1v) is 7.63. The van der Waals surface area contributed by atoms with Gasteiger partial charge in [-0.25, -0.2) is 4.39 Å². The fourth-order valence-electron chi connectivity index (χ4n) is 2.07. The molecule has 0 aromatic heterocycles. The first kappa shape index (κ1) is 17.6. The van der Waals surface area contributed by atoms with Gasteiger partial charge in [0.2, 0.25) is 0 Å². The molecular weight excluding hydrogens is 271 g/mol. The smallest absolute Gasteiger partial charge is 0.188 e. The Kier molecular flexibility index (Phi) is 8.67. The number of halogens is 1. The number of rotatable bonds is 11. The summed E-state index contributed by atoms with van der Waals surface area (Å²) in [5.41, 5.74) is 0.316.